The minimum absolute atomic E-state index is 0.180. The highest BCUT2D eigenvalue weighted by Crippen LogP contribution is 2.23. The van der Waals surface area contributed by atoms with E-state index in [4.69, 9.17) is 4.74 Å². The number of thiophene rings is 1. The van der Waals surface area contributed by atoms with Crippen molar-refractivity contribution < 1.29 is 19.1 Å². The molecule has 0 spiro atoms. The highest BCUT2D eigenvalue weighted by molar-refractivity contribution is 7.14. The second-order valence-electron chi connectivity index (χ2n) is 5.33. The number of ketones is 1. The summed E-state index contributed by atoms with van der Waals surface area (Å²) in [5.41, 5.74) is 2.10. The fourth-order valence-corrected chi connectivity index (χ4v) is 3.21. The van der Waals surface area contributed by atoms with Crippen LogP contribution in [0.15, 0.2) is 30.3 Å². The Labute approximate surface area is 144 Å². The molecule has 2 rings (SSSR count). The van der Waals surface area contributed by atoms with E-state index in [0.717, 1.165) is 16.9 Å². The van der Waals surface area contributed by atoms with E-state index in [1.807, 2.05) is 13.8 Å². The van der Waals surface area contributed by atoms with Crippen molar-refractivity contribution in [1.29, 1.82) is 0 Å². The first-order valence-corrected chi connectivity index (χ1v) is 8.39. The Morgan fingerprint density at radius 2 is 1.83 bits per heavy atom. The average molecular weight is 345 g/mol. The molecule has 0 atom stereocenters. The lowest BCUT2D eigenvalue weighted by Crippen LogP contribution is -2.13. The largest absolute Gasteiger partial charge is 0.453 e. The van der Waals surface area contributed by atoms with Crippen LogP contribution in [-0.2, 0) is 16.0 Å². The van der Waals surface area contributed by atoms with Gasteiger partial charge < -0.3 is 10.1 Å². The number of ether oxygens (including phenoxy) is 1. The molecule has 5 nitrogen and oxygen atoms in total. The molecule has 0 aliphatic rings. The molecule has 24 heavy (non-hydrogen) atoms. The van der Waals surface area contributed by atoms with Crippen LogP contribution in [0.4, 0.5) is 5.69 Å². The molecule has 0 bridgehead atoms. The van der Waals surface area contributed by atoms with Crippen molar-refractivity contribution in [3.8, 4) is 0 Å². The lowest BCUT2D eigenvalue weighted by molar-refractivity contribution is -0.114. The van der Waals surface area contributed by atoms with Gasteiger partial charge in [-0.1, -0.05) is 6.92 Å². The lowest BCUT2D eigenvalue weighted by Gasteiger charge is -2.05. The van der Waals surface area contributed by atoms with E-state index < -0.39 is 5.97 Å². The first-order valence-electron chi connectivity index (χ1n) is 7.58. The molecule has 0 aliphatic carbocycles. The third-order valence-corrected chi connectivity index (χ3v) is 4.77. The van der Waals surface area contributed by atoms with Gasteiger partial charge in [-0.05, 0) is 49.2 Å². The first-order chi connectivity index (χ1) is 11.4. The van der Waals surface area contributed by atoms with E-state index in [2.05, 4.69) is 5.32 Å². The number of hydrogen-bond donors (Lipinski definition) is 1. The maximum Gasteiger partial charge on any atom is 0.348 e. The standard InChI is InChI=1S/C18H19NO4S/c1-4-16-11(2)9-17(24-16)18(22)23-10-15(21)13-5-7-14(8-6-13)19-12(3)20/h5-9H,4,10H2,1-3H3,(H,19,20). The van der Waals surface area contributed by atoms with Crippen LogP contribution < -0.4 is 5.32 Å². The molecule has 0 fully saturated rings. The average Bonchev–Trinajstić information content (AvgIpc) is 2.93. The number of benzene rings is 1. The van der Waals surface area contributed by atoms with Crippen LogP contribution in [0.3, 0.4) is 0 Å². The van der Waals surface area contributed by atoms with Gasteiger partial charge in [-0.25, -0.2) is 4.79 Å². The van der Waals surface area contributed by atoms with Crippen LogP contribution >= 0.6 is 11.3 Å². The van der Waals surface area contributed by atoms with Crippen LogP contribution in [0.2, 0.25) is 0 Å². The molecule has 1 aromatic carbocycles. The fourth-order valence-electron chi connectivity index (χ4n) is 2.20. The van der Waals surface area contributed by atoms with Crippen molar-refractivity contribution in [2.75, 3.05) is 11.9 Å². The topological polar surface area (TPSA) is 72.5 Å². The molecule has 0 saturated heterocycles. The van der Waals surface area contributed by atoms with Crippen LogP contribution in [0.25, 0.3) is 0 Å². The minimum Gasteiger partial charge on any atom is -0.453 e. The van der Waals surface area contributed by atoms with Crippen molar-refractivity contribution in [2.45, 2.75) is 27.2 Å². The van der Waals surface area contributed by atoms with Gasteiger partial charge in [0.15, 0.2) is 12.4 Å². The number of hydrogen-bond acceptors (Lipinski definition) is 5. The van der Waals surface area contributed by atoms with Gasteiger partial charge in [0.2, 0.25) is 5.91 Å². The van der Waals surface area contributed by atoms with Crippen molar-refractivity contribution in [3.05, 3.63) is 51.2 Å². The quantitative estimate of drug-likeness (QED) is 0.641. The zero-order valence-electron chi connectivity index (χ0n) is 13.8. The van der Waals surface area contributed by atoms with Crippen molar-refractivity contribution in [3.63, 3.8) is 0 Å². The Bertz CT molecular complexity index is 762. The monoisotopic (exact) mass is 345 g/mol. The fraction of sp³-hybridized carbons (Fsp3) is 0.278. The number of carbonyl (C=O) groups is 3. The summed E-state index contributed by atoms with van der Waals surface area (Å²) in [5.74, 6) is -0.951. The normalized spacial score (nSPS) is 10.3. The molecule has 0 unspecified atom stereocenters. The summed E-state index contributed by atoms with van der Waals surface area (Å²) in [6.07, 6.45) is 0.864. The molecular weight excluding hydrogens is 326 g/mol. The number of rotatable bonds is 6. The molecule has 6 heteroatoms. The molecule has 0 saturated carbocycles. The van der Waals surface area contributed by atoms with Crippen molar-refractivity contribution >= 4 is 34.7 Å². The summed E-state index contributed by atoms with van der Waals surface area (Å²) in [7, 11) is 0. The van der Waals surface area contributed by atoms with Crippen LogP contribution in [-0.4, -0.2) is 24.3 Å². The molecule has 2 aromatic rings. The molecule has 126 valence electrons. The number of nitrogens with one attached hydrogen (secondary N) is 1. The van der Waals surface area contributed by atoms with E-state index in [-0.39, 0.29) is 18.3 Å². The summed E-state index contributed by atoms with van der Waals surface area (Å²) in [5, 5.41) is 2.62. The van der Waals surface area contributed by atoms with Gasteiger partial charge in [0.1, 0.15) is 4.88 Å². The Hall–Kier alpha value is -2.47. The molecule has 1 aromatic heterocycles. The number of carbonyl (C=O) groups excluding carboxylic acids is 3. The van der Waals surface area contributed by atoms with Crippen LogP contribution in [0.5, 0.6) is 0 Å². The number of anilines is 1. The number of Topliss-reactive ketones (excluding diaryl/α,β-unsaturated/α-hetero) is 1. The summed E-state index contributed by atoms with van der Waals surface area (Å²) in [4.78, 5) is 36.7. The van der Waals surface area contributed by atoms with Gasteiger partial charge in [-0.15, -0.1) is 11.3 Å². The predicted molar refractivity (Wildman–Crippen MR) is 93.8 cm³/mol. The Morgan fingerprint density at radius 1 is 1.17 bits per heavy atom. The van der Waals surface area contributed by atoms with Crippen LogP contribution in [0.1, 0.15) is 44.3 Å². The zero-order valence-corrected chi connectivity index (χ0v) is 14.7. The SMILES string of the molecule is CCc1sc(C(=O)OCC(=O)c2ccc(NC(C)=O)cc2)cc1C. The molecule has 0 aliphatic heterocycles. The molecule has 0 radical (unpaired) electrons. The van der Waals surface area contributed by atoms with E-state index in [1.165, 1.54) is 18.3 Å². The van der Waals surface area contributed by atoms with Gasteiger partial charge in [0.25, 0.3) is 0 Å². The maximum absolute atomic E-state index is 12.1. The smallest absolute Gasteiger partial charge is 0.348 e. The second kappa shape index (κ2) is 7.88. The Morgan fingerprint density at radius 3 is 2.38 bits per heavy atom. The lowest BCUT2D eigenvalue weighted by atomic mass is 10.1. The van der Waals surface area contributed by atoms with Crippen LogP contribution in [0, 0.1) is 6.92 Å². The van der Waals surface area contributed by atoms with Crippen molar-refractivity contribution in [1.82, 2.24) is 0 Å². The molecular formula is C18H19NO4S. The van der Waals surface area contributed by atoms with E-state index in [0.29, 0.717) is 16.1 Å². The summed E-state index contributed by atoms with van der Waals surface area (Å²) < 4.78 is 5.10. The summed E-state index contributed by atoms with van der Waals surface area (Å²) >= 11 is 1.40. The highest BCUT2D eigenvalue weighted by Gasteiger charge is 2.15. The third-order valence-electron chi connectivity index (χ3n) is 3.40. The van der Waals surface area contributed by atoms with Gasteiger partial charge in [-0.2, -0.15) is 0 Å². The maximum atomic E-state index is 12.1. The molecule has 1 amide bonds. The van der Waals surface area contributed by atoms with Gasteiger partial charge >= 0.3 is 5.97 Å². The second-order valence-corrected chi connectivity index (χ2v) is 6.46. The first kappa shape index (κ1) is 17.9. The van der Waals surface area contributed by atoms with E-state index in [9.17, 15) is 14.4 Å². The van der Waals surface area contributed by atoms with Gasteiger partial charge in [0, 0.05) is 23.1 Å². The number of amides is 1. The molecule has 1 heterocycles. The van der Waals surface area contributed by atoms with E-state index in [1.54, 1.807) is 30.3 Å². The molecule has 1 N–H and O–H groups in total. The minimum atomic E-state index is -0.481. The number of aryl methyl sites for hydroxylation is 2. The summed E-state index contributed by atoms with van der Waals surface area (Å²) in [6, 6.07) is 8.23. The third kappa shape index (κ3) is 4.52. The van der Waals surface area contributed by atoms with Gasteiger partial charge in [-0.3, -0.25) is 9.59 Å². The van der Waals surface area contributed by atoms with Crippen molar-refractivity contribution in [2.24, 2.45) is 0 Å². The number of esters is 1. The zero-order chi connectivity index (χ0) is 17.7. The summed E-state index contributed by atoms with van der Waals surface area (Å²) in [6.45, 7) is 5.08. The van der Waals surface area contributed by atoms with Gasteiger partial charge in [0.05, 0.1) is 0 Å². The Balaban J connectivity index is 1.94. The highest BCUT2D eigenvalue weighted by atomic mass is 32.1. The van der Waals surface area contributed by atoms with E-state index >= 15 is 0 Å². The Kier molecular flexibility index (Phi) is 5.87. The predicted octanol–water partition coefficient (Wildman–Crippen LogP) is 3.62.